The molecule has 0 atom stereocenters. The Morgan fingerprint density at radius 1 is 1.44 bits per heavy atom. The molecule has 1 aliphatic rings. The van der Waals surface area contributed by atoms with Gasteiger partial charge in [-0.1, -0.05) is 6.07 Å². The van der Waals surface area contributed by atoms with Crippen molar-refractivity contribution in [3.8, 4) is 0 Å². The highest BCUT2D eigenvalue weighted by Gasteiger charge is 2.16. The first-order chi connectivity index (χ1) is 7.75. The lowest BCUT2D eigenvalue weighted by Crippen LogP contribution is -2.08. The van der Waals surface area contributed by atoms with Crippen molar-refractivity contribution in [1.29, 1.82) is 0 Å². The number of carboxylic acids is 1. The number of hydrogen-bond donors (Lipinski definition) is 2. The Morgan fingerprint density at radius 3 is 3.12 bits per heavy atom. The molecule has 1 aliphatic heterocycles. The summed E-state index contributed by atoms with van der Waals surface area (Å²) >= 11 is 0. The predicted molar refractivity (Wildman–Crippen MR) is 58.6 cm³/mol. The van der Waals surface area contributed by atoms with Crippen molar-refractivity contribution in [1.82, 2.24) is 4.98 Å². The van der Waals surface area contributed by atoms with Crippen LogP contribution in [0.25, 0.3) is 10.9 Å². The number of ether oxygens (including phenoxy) is 1. The fourth-order valence-electron chi connectivity index (χ4n) is 2.20. The van der Waals surface area contributed by atoms with Crippen molar-refractivity contribution in [2.45, 2.75) is 13.0 Å². The van der Waals surface area contributed by atoms with Gasteiger partial charge in [0.2, 0.25) is 0 Å². The Bertz CT molecular complexity index is 571. The van der Waals surface area contributed by atoms with Crippen molar-refractivity contribution in [3.05, 3.63) is 35.0 Å². The standard InChI is InChI=1S/C12H11NO3/c14-12(15)7-1-2-8-9-3-4-16-6-11(9)13-10(8)5-7/h1-2,5,13H,3-4,6H2,(H,14,15). The molecule has 0 bridgehead atoms. The van der Waals surface area contributed by atoms with Gasteiger partial charge in [-0.05, 0) is 24.1 Å². The van der Waals surface area contributed by atoms with Gasteiger partial charge in [0.15, 0.2) is 0 Å². The van der Waals surface area contributed by atoms with E-state index in [1.165, 1.54) is 5.56 Å². The molecular formula is C12H11NO3. The molecule has 0 spiro atoms. The van der Waals surface area contributed by atoms with E-state index in [0.717, 1.165) is 29.6 Å². The lowest BCUT2D eigenvalue weighted by atomic mass is 10.1. The first kappa shape index (κ1) is 9.42. The maximum absolute atomic E-state index is 10.8. The number of aromatic nitrogens is 1. The molecule has 1 aromatic carbocycles. The van der Waals surface area contributed by atoms with Gasteiger partial charge in [0.1, 0.15) is 0 Å². The van der Waals surface area contributed by atoms with Crippen LogP contribution in [0.15, 0.2) is 18.2 Å². The van der Waals surface area contributed by atoms with E-state index in [9.17, 15) is 4.79 Å². The van der Waals surface area contributed by atoms with Gasteiger partial charge < -0.3 is 14.8 Å². The van der Waals surface area contributed by atoms with Crippen LogP contribution in [0.2, 0.25) is 0 Å². The molecule has 16 heavy (non-hydrogen) atoms. The molecule has 0 amide bonds. The quantitative estimate of drug-likeness (QED) is 0.767. The fourth-order valence-corrected chi connectivity index (χ4v) is 2.20. The van der Waals surface area contributed by atoms with Crippen LogP contribution in [0.4, 0.5) is 0 Å². The zero-order chi connectivity index (χ0) is 11.1. The summed E-state index contributed by atoms with van der Waals surface area (Å²) < 4.78 is 5.36. The number of carbonyl (C=O) groups is 1. The molecule has 82 valence electrons. The summed E-state index contributed by atoms with van der Waals surface area (Å²) in [6.45, 7) is 1.33. The number of benzene rings is 1. The van der Waals surface area contributed by atoms with Crippen molar-refractivity contribution in [3.63, 3.8) is 0 Å². The van der Waals surface area contributed by atoms with E-state index in [4.69, 9.17) is 9.84 Å². The Kier molecular flexibility index (Phi) is 1.97. The third kappa shape index (κ3) is 1.31. The van der Waals surface area contributed by atoms with E-state index in [2.05, 4.69) is 4.98 Å². The van der Waals surface area contributed by atoms with E-state index in [-0.39, 0.29) is 0 Å². The van der Waals surface area contributed by atoms with Gasteiger partial charge >= 0.3 is 5.97 Å². The van der Waals surface area contributed by atoms with Gasteiger partial charge in [-0.3, -0.25) is 0 Å². The van der Waals surface area contributed by atoms with Gasteiger partial charge in [-0.25, -0.2) is 4.79 Å². The highest BCUT2D eigenvalue weighted by Crippen LogP contribution is 2.27. The minimum atomic E-state index is -0.897. The molecule has 1 aromatic heterocycles. The van der Waals surface area contributed by atoms with Gasteiger partial charge in [0.25, 0.3) is 0 Å². The zero-order valence-electron chi connectivity index (χ0n) is 8.62. The monoisotopic (exact) mass is 217 g/mol. The molecule has 4 nitrogen and oxygen atoms in total. The number of aromatic carboxylic acids is 1. The molecule has 2 aromatic rings. The average molecular weight is 217 g/mol. The van der Waals surface area contributed by atoms with Crippen LogP contribution in [-0.4, -0.2) is 22.7 Å². The Labute approximate surface area is 91.8 Å². The van der Waals surface area contributed by atoms with Crippen molar-refractivity contribution < 1.29 is 14.6 Å². The maximum atomic E-state index is 10.8. The van der Waals surface area contributed by atoms with Crippen molar-refractivity contribution in [2.24, 2.45) is 0 Å². The average Bonchev–Trinajstić information content (AvgIpc) is 2.66. The van der Waals surface area contributed by atoms with E-state index in [0.29, 0.717) is 12.2 Å². The van der Waals surface area contributed by atoms with Crippen LogP contribution in [-0.2, 0) is 17.8 Å². The normalized spacial score (nSPS) is 15.0. The van der Waals surface area contributed by atoms with E-state index in [1.807, 2.05) is 6.07 Å². The van der Waals surface area contributed by atoms with Crippen molar-refractivity contribution in [2.75, 3.05) is 6.61 Å². The third-order valence-corrected chi connectivity index (χ3v) is 2.98. The zero-order valence-corrected chi connectivity index (χ0v) is 8.62. The molecular weight excluding hydrogens is 206 g/mol. The SMILES string of the molecule is O=C(O)c1ccc2c3c([nH]c2c1)COCC3. The summed E-state index contributed by atoms with van der Waals surface area (Å²) in [6.07, 6.45) is 0.891. The Balaban J connectivity index is 2.22. The molecule has 0 unspecified atom stereocenters. The highest BCUT2D eigenvalue weighted by molar-refractivity contribution is 5.94. The number of hydrogen-bond acceptors (Lipinski definition) is 2. The molecule has 4 heteroatoms. The Hall–Kier alpha value is -1.81. The molecule has 3 rings (SSSR count). The minimum Gasteiger partial charge on any atom is -0.478 e. The minimum absolute atomic E-state index is 0.312. The van der Waals surface area contributed by atoms with E-state index < -0.39 is 5.97 Å². The topological polar surface area (TPSA) is 62.3 Å². The smallest absolute Gasteiger partial charge is 0.335 e. The highest BCUT2D eigenvalue weighted by atomic mass is 16.5. The van der Waals surface area contributed by atoms with Crippen LogP contribution in [0.1, 0.15) is 21.6 Å². The molecule has 2 N–H and O–H groups in total. The van der Waals surface area contributed by atoms with E-state index in [1.54, 1.807) is 12.1 Å². The molecule has 0 radical (unpaired) electrons. The first-order valence-corrected chi connectivity index (χ1v) is 5.20. The molecule has 0 aliphatic carbocycles. The third-order valence-electron chi connectivity index (χ3n) is 2.98. The van der Waals surface area contributed by atoms with Crippen LogP contribution in [0.3, 0.4) is 0 Å². The lowest BCUT2D eigenvalue weighted by molar-refractivity contribution is 0.0697. The summed E-state index contributed by atoms with van der Waals surface area (Å²) in [5.41, 5.74) is 3.53. The van der Waals surface area contributed by atoms with Crippen LogP contribution >= 0.6 is 0 Å². The summed E-state index contributed by atoms with van der Waals surface area (Å²) in [7, 11) is 0. The van der Waals surface area contributed by atoms with E-state index >= 15 is 0 Å². The number of aromatic amines is 1. The Morgan fingerprint density at radius 2 is 2.31 bits per heavy atom. The second kappa shape index (κ2) is 3.35. The van der Waals surface area contributed by atoms with Gasteiger partial charge in [-0.2, -0.15) is 0 Å². The number of nitrogens with one attached hydrogen (secondary N) is 1. The number of rotatable bonds is 1. The van der Waals surface area contributed by atoms with Crippen LogP contribution < -0.4 is 0 Å². The molecule has 0 saturated heterocycles. The number of carboxylic acid groups (broad SMARTS) is 1. The maximum Gasteiger partial charge on any atom is 0.335 e. The summed E-state index contributed by atoms with van der Waals surface area (Å²) in [5.74, 6) is -0.897. The fraction of sp³-hybridized carbons (Fsp3) is 0.250. The largest absolute Gasteiger partial charge is 0.478 e. The van der Waals surface area contributed by atoms with Crippen LogP contribution in [0.5, 0.6) is 0 Å². The lowest BCUT2D eigenvalue weighted by Gasteiger charge is -2.11. The summed E-state index contributed by atoms with van der Waals surface area (Å²) in [4.78, 5) is 14.1. The second-order valence-electron chi connectivity index (χ2n) is 3.95. The second-order valence-corrected chi connectivity index (χ2v) is 3.95. The summed E-state index contributed by atoms with van der Waals surface area (Å²) in [6, 6.07) is 5.20. The molecule has 0 saturated carbocycles. The van der Waals surface area contributed by atoms with Crippen LogP contribution in [0, 0.1) is 0 Å². The molecule has 2 heterocycles. The summed E-state index contributed by atoms with van der Waals surface area (Å²) in [5, 5.41) is 10.0. The first-order valence-electron chi connectivity index (χ1n) is 5.20. The number of fused-ring (bicyclic) bond motifs is 3. The van der Waals surface area contributed by atoms with Crippen molar-refractivity contribution >= 4 is 16.9 Å². The van der Waals surface area contributed by atoms with Gasteiger partial charge in [0, 0.05) is 16.6 Å². The van der Waals surface area contributed by atoms with Gasteiger partial charge in [-0.15, -0.1) is 0 Å². The predicted octanol–water partition coefficient (Wildman–Crippen LogP) is 1.94. The number of H-pyrrole nitrogens is 1. The molecule has 0 fully saturated rings. The van der Waals surface area contributed by atoms with Gasteiger partial charge in [0.05, 0.1) is 18.8 Å².